The van der Waals surface area contributed by atoms with E-state index in [4.69, 9.17) is 0 Å². The first kappa shape index (κ1) is 17.5. The number of aliphatic hydroxyl groups is 1. The normalized spacial score (nSPS) is 15.4. The van der Waals surface area contributed by atoms with Gasteiger partial charge in [-0.3, -0.25) is 4.68 Å². The summed E-state index contributed by atoms with van der Waals surface area (Å²) in [7, 11) is 0. The Morgan fingerprint density at radius 1 is 1.28 bits per heavy atom. The zero-order valence-electron chi connectivity index (χ0n) is 14.9. The number of urea groups is 1. The monoisotopic (exact) mass is 342 g/mol. The second-order valence-corrected chi connectivity index (χ2v) is 6.83. The maximum absolute atomic E-state index is 12.4. The number of hydrogen-bond donors (Lipinski definition) is 2. The van der Waals surface area contributed by atoms with Gasteiger partial charge in [0.25, 0.3) is 0 Å². The van der Waals surface area contributed by atoms with Gasteiger partial charge in [-0.25, -0.2) is 4.79 Å². The molecule has 2 aromatic rings. The van der Waals surface area contributed by atoms with Crippen LogP contribution in [0.4, 0.5) is 10.5 Å². The molecule has 0 spiro atoms. The van der Waals surface area contributed by atoms with Crippen LogP contribution in [0.5, 0.6) is 0 Å². The van der Waals surface area contributed by atoms with Crippen molar-refractivity contribution < 1.29 is 9.90 Å². The largest absolute Gasteiger partial charge is 0.396 e. The summed E-state index contributed by atoms with van der Waals surface area (Å²) in [5.74, 6) is 0.327. The average Bonchev–Trinajstić information content (AvgIpc) is 2.92. The Morgan fingerprint density at radius 3 is 2.68 bits per heavy atom. The number of piperidine rings is 1. The summed E-state index contributed by atoms with van der Waals surface area (Å²) in [6.07, 6.45) is 1.73. The highest BCUT2D eigenvalue weighted by atomic mass is 16.3. The second kappa shape index (κ2) is 7.70. The van der Waals surface area contributed by atoms with Gasteiger partial charge in [-0.1, -0.05) is 12.1 Å². The smallest absolute Gasteiger partial charge is 0.321 e. The van der Waals surface area contributed by atoms with E-state index in [1.165, 1.54) is 0 Å². The van der Waals surface area contributed by atoms with Crippen molar-refractivity contribution in [3.05, 3.63) is 47.3 Å². The summed E-state index contributed by atoms with van der Waals surface area (Å²) in [6.45, 7) is 6.32. The zero-order chi connectivity index (χ0) is 17.8. The molecule has 1 fully saturated rings. The number of rotatable bonds is 4. The Hall–Kier alpha value is -2.34. The Morgan fingerprint density at radius 2 is 2.04 bits per heavy atom. The molecule has 25 heavy (non-hydrogen) atoms. The SMILES string of the molecule is Cc1cc(C)n(Cc2cccc(NC(=O)N3CCC(CO)CC3)c2)n1. The predicted molar refractivity (Wildman–Crippen MR) is 97.6 cm³/mol. The summed E-state index contributed by atoms with van der Waals surface area (Å²) in [5.41, 5.74) is 4.03. The van der Waals surface area contributed by atoms with Crippen molar-refractivity contribution in [1.29, 1.82) is 0 Å². The number of anilines is 1. The summed E-state index contributed by atoms with van der Waals surface area (Å²) in [5, 5.41) is 16.7. The van der Waals surface area contributed by atoms with Crippen LogP contribution in [0.25, 0.3) is 0 Å². The minimum absolute atomic E-state index is 0.0698. The van der Waals surface area contributed by atoms with E-state index in [2.05, 4.69) is 16.5 Å². The van der Waals surface area contributed by atoms with Gasteiger partial charge in [0.2, 0.25) is 0 Å². The Labute approximate surface area is 148 Å². The van der Waals surface area contributed by atoms with E-state index in [9.17, 15) is 9.90 Å². The van der Waals surface area contributed by atoms with Crippen molar-refractivity contribution in [3.63, 3.8) is 0 Å². The number of carbonyl (C=O) groups is 1. The van der Waals surface area contributed by atoms with Crippen LogP contribution in [0, 0.1) is 19.8 Å². The fourth-order valence-corrected chi connectivity index (χ4v) is 3.28. The van der Waals surface area contributed by atoms with Gasteiger partial charge in [0.15, 0.2) is 0 Å². The van der Waals surface area contributed by atoms with Gasteiger partial charge in [0.1, 0.15) is 0 Å². The highest BCUT2D eigenvalue weighted by molar-refractivity contribution is 5.89. The number of nitrogens with zero attached hydrogens (tertiary/aromatic N) is 3. The van der Waals surface area contributed by atoms with Gasteiger partial charge < -0.3 is 15.3 Å². The first-order valence-corrected chi connectivity index (χ1v) is 8.82. The lowest BCUT2D eigenvalue weighted by Crippen LogP contribution is -2.41. The summed E-state index contributed by atoms with van der Waals surface area (Å²) < 4.78 is 1.97. The highest BCUT2D eigenvalue weighted by Gasteiger charge is 2.22. The van der Waals surface area contributed by atoms with Crippen molar-refractivity contribution in [2.75, 3.05) is 25.0 Å². The van der Waals surface area contributed by atoms with Gasteiger partial charge in [0.05, 0.1) is 12.2 Å². The summed E-state index contributed by atoms with van der Waals surface area (Å²) in [4.78, 5) is 14.2. The van der Waals surface area contributed by atoms with E-state index in [1.54, 1.807) is 0 Å². The molecule has 2 N–H and O–H groups in total. The van der Waals surface area contributed by atoms with E-state index in [0.717, 1.165) is 35.5 Å². The van der Waals surface area contributed by atoms with Gasteiger partial charge in [0, 0.05) is 31.1 Å². The van der Waals surface area contributed by atoms with Gasteiger partial charge in [-0.05, 0) is 56.4 Å². The molecule has 0 saturated carbocycles. The molecule has 1 aromatic carbocycles. The van der Waals surface area contributed by atoms with Crippen LogP contribution < -0.4 is 5.32 Å². The molecular weight excluding hydrogens is 316 g/mol. The molecule has 1 aliphatic rings. The van der Waals surface area contributed by atoms with Crippen LogP contribution in [0.1, 0.15) is 29.8 Å². The molecule has 1 saturated heterocycles. The van der Waals surface area contributed by atoms with Crippen LogP contribution in [0.2, 0.25) is 0 Å². The number of amides is 2. The number of nitrogens with one attached hydrogen (secondary N) is 1. The third-order valence-electron chi connectivity index (χ3n) is 4.77. The Kier molecular flexibility index (Phi) is 5.38. The molecule has 1 aliphatic heterocycles. The molecule has 2 heterocycles. The predicted octanol–water partition coefficient (Wildman–Crippen LogP) is 2.78. The topological polar surface area (TPSA) is 70.4 Å². The fraction of sp³-hybridized carbons (Fsp3) is 0.474. The summed E-state index contributed by atoms with van der Waals surface area (Å²) in [6, 6.07) is 9.88. The number of benzene rings is 1. The molecule has 134 valence electrons. The Balaban J connectivity index is 1.61. The molecular formula is C19H26N4O2. The van der Waals surface area contributed by atoms with E-state index in [-0.39, 0.29) is 12.6 Å². The standard InChI is InChI=1S/C19H26N4O2/c1-14-10-15(2)23(21-14)12-17-4-3-5-18(11-17)20-19(25)22-8-6-16(13-24)7-9-22/h3-5,10-11,16,24H,6-9,12-13H2,1-2H3,(H,20,25). The van der Waals surface area contributed by atoms with E-state index < -0.39 is 0 Å². The van der Waals surface area contributed by atoms with Crippen molar-refractivity contribution in [2.24, 2.45) is 5.92 Å². The maximum Gasteiger partial charge on any atom is 0.321 e. The first-order valence-electron chi connectivity index (χ1n) is 8.82. The Bertz CT molecular complexity index is 733. The highest BCUT2D eigenvalue weighted by Crippen LogP contribution is 2.18. The maximum atomic E-state index is 12.4. The van der Waals surface area contributed by atoms with Gasteiger partial charge in [-0.15, -0.1) is 0 Å². The number of hydrogen-bond acceptors (Lipinski definition) is 3. The minimum Gasteiger partial charge on any atom is -0.396 e. The number of aromatic nitrogens is 2. The lowest BCUT2D eigenvalue weighted by molar-refractivity contribution is 0.143. The summed E-state index contributed by atoms with van der Waals surface area (Å²) >= 11 is 0. The number of aliphatic hydroxyl groups excluding tert-OH is 1. The number of likely N-dealkylation sites (tertiary alicyclic amines) is 1. The molecule has 0 radical (unpaired) electrons. The third-order valence-corrected chi connectivity index (χ3v) is 4.77. The average molecular weight is 342 g/mol. The van der Waals surface area contributed by atoms with Crippen LogP contribution in [0.3, 0.4) is 0 Å². The van der Waals surface area contributed by atoms with Gasteiger partial charge >= 0.3 is 6.03 Å². The lowest BCUT2D eigenvalue weighted by Gasteiger charge is -2.31. The second-order valence-electron chi connectivity index (χ2n) is 6.83. The molecule has 0 aliphatic carbocycles. The molecule has 6 nitrogen and oxygen atoms in total. The van der Waals surface area contributed by atoms with E-state index in [1.807, 2.05) is 47.7 Å². The van der Waals surface area contributed by atoms with Crippen molar-refractivity contribution in [3.8, 4) is 0 Å². The van der Waals surface area contributed by atoms with Crippen molar-refractivity contribution >= 4 is 11.7 Å². The molecule has 6 heteroatoms. The molecule has 1 aromatic heterocycles. The van der Waals surface area contributed by atoms with Gasteiger partial charge in [-0.2, -0.15) is 5.10 Å². The zero-order valence-corrected chi connectivity index (χ0v) is 14.9. The van der Waals surface area contributed by atoms with Crippen LogP contribution >= 0.6 is 0 Å². The lowest BCUT2D eigenvalue weighted by atomic mass is 9.98. The first-order chi connectivity index (χ1) is 12.0. The van der Waals surface area contributed by atoms with E-state index in [0.29, 0.717) is 25.6 Å². The molecule has 0 atom stereocenters. The minimum atomic E-state index is -0.0698. The van der Waals surface area contributed by atoms with Crippen molar-refractivity contribution in [2.45, 2.75) is 33.2 Å². The molecule has 0 unspecified atom stereocenters. The van der Waals surface area contributed by atoms with E-state index >= 15 is 0 Å². The number of aryl methyl sites for hydroxylation is 2. The van der Waals surface area contributed by atoms with Crippen LogP contribution in [-0.2, 0) is 6.54 Å². The molecule has 2 amide bonds. The van der Waals surface area contributed by atoms with Crippen LogP contribution in [-0.4, -0.2) is 45.5 Å². The van der Waals surface area contributed by atoms with Crippen molar-refractivity contribution in [1.82, 2.24) is 14.7 Å². The third kappa shape index (κ3) is 4.39. The molecule has 0 bridgehead atoms. The fourth-order valence-electron chi connectivity index (χ4n) is 3.28. The number of carbonyl (C=O) groups excluding carboxylic acids is 1. The molecule has 3 rings (SSSR count). The quantitative estimate of drug-likeness (QED) is 0.897. The van der Waals surface area contributed by atoms with Crippen LogP contribution in [0.15, 0.2) is 30.3 Å².